The van der Waals surface area contributed by atoms with Crippen molar-refractivity contribution in [3.05, 3.63) is 64.1 Å². The van der Waals surface area contributed by atoms with E-state index in [1.165, 1.54) is 4.80 Å². The van der Waals surface area contributed by atoms with Gasteiger partial charge < -0.3 is 4.52 Å². The fourth-order valence-electron chi connectivity index (χ4n) is 3.13. The standard InChI is InChI=1S/C19H17ClN6O2/c1-11-8-15(13(3)26(11)18-9-12(2)28-23-18)17(27)10-25-22-19(21-24-25)14-6-4-5-7-16(14)20/h4-9H,10H2,1-3H3. The average molecular weight is 397 g/mol. The fraction of sp³-hybridized carbons (Fsp3) is 0.211. The lowest BCUT2D eigenvalue weighted by molar-refractivity contribution is 0.0961. The molecule has 0 fully saturated rings. The lowest BCUT2D eigenvalue weighted by Gasteiger charge is -2.05. The van der Waals surface area contributed by atoms with Crippen LogP contribution in [0.3, 0.4) is 0 Å². The van der Waals surface area contributed by atoms with E-state index in [2.05, 4.69) is 20.6 Å². The lowest BCUT2D eigenvalue weighted by atomic mass is 10.1. The summed E-state index contributed by atoms with van der Waals surface area (Å²) in [7, 11) is 0. The molecule has 0 aliphatic heterocycles. The van der Waals surface area contributed by atoms with E-state index in [1.54, 1.807) is 12.1 Å². The van der Waals surface area contributed by atoms with E-state index < -0.39 is 0 Å². The molecule has 0 N–H and O–H groups in total. The van der Waals surface area contributed by atoms with Crippen molar-refractivity contribution in [2.45, 2.75) is 27.3 Å². The maximum absolute atomic E-state index is 12.8. The minimum absolute atomic E-state index is 0.0282. The quantitative estimate of drug-likeness (QED) is 0.479. The summed E-state index contributed by atoms with van der Waals surface area (Å²) in [5.74, 6) is 1.60. The molecule has 4 aromatic rings. The number of benzene rings is 1. The Labute approximate surface area is 165 Å². The van der Waals surface area contributed by atoms with Gasteiger partial charge in [-0.2, -0.15) is 4.80 Å². The molecule has 0 unspecified atom stereocenters. The summed E-state index contributed by atoms with van der Waals surface area (Å²) in [6.45, 7) is 5.58. The van der Waals surface area contributed by atoms with Gasteiger partial charge >= 0.3 is 0 Å². The van der Waals surface area contributed by atoms with Crippen molar-refractivity contribution in [1.29, 1.82) is 0 Å². The number of ketones is 1. The second kappa shape index (κ2) is 7.05. The second-order valence-corrected chi connectivity index (χ2v) is 6.87. The van der Waals surface area contributed by atoms with Gasteiger partial charge in [-0.1, -0.05) is 28.9 Å². The Kier molecular flexibility index (Phi) is 4.56. The zero-order chi connectivity index (χ0) is 19.8. The number of Topliss-reactive ketones (excluding diaryl/α,β-unsaturated/α-hetero) is 1. The predicted molar refractivity (Wildman–Crippen MR) is 103 cm³/mol. The highest BCUT2D eigenvalue weighted by Crippen LogP contribution is 2.24. The maximum atomic E-state index is 12.8. The van der Waals surface area contributed by atoms with Crippen molar-refractivity contribution in [1.82, 2.24) is 29.9 Å². The van der Waals surface area contributed by atoms with Crippen LogP contribution < -0.4 is 0 Å². The van der Waals surface area contributed by atoms with Crippen molar-refractivity contribution >= 4 is 17.4 Å². The van der Waals surface area contributed by atoms with Crippen molar-refractivity contribution in [2.24, 2.45) is 0 Å². The Balaban J connectivity index is 1.59. The van der Waals surface area contributed by atoms with Crippen LogP contribution in [0.4, 0.5) is 0 Å². The summed E-state index contributed by atoms with van der Waals surface area (Å²) in [6, 6.07) is 10.9. The van der Waals surface area contributed by atoms with Gasteiger partial charge in [0.2, 0.25) is 5.82 Å². The van der Waals surface area contributed by atoms with Gasteiger partial charge in [-0.3, -0.25) is 9.36 Å². The first kappa shape index (κ1) is 18.1. The topological polar surface area (TPSA) is 91.6 Å². The molecule has 0 spiro atoms. The third-order valence-corrected chi connectivity index (χ3v) is 4.76. The van der Waals surface area contributed by atoms with Gasteiger partial charge in [0.05, 0.1) is 5.02 Å². The summed E-state index contributed by atoms with van der Waals surface area (Å²) in [4.78, 5) is 14.1. The van der Waals surface area contributed by atoms with Crippen LogP contribution in [-0.4, -0.2) is 35.7 Å². The minimum Gasteiger partial charge on any atom is -0.360 e. The predicted octanol–water partition coefficient (Wildman–Crippen LogP) is 3.58. The van der Waals surface area contributed by atoms with Crippen molar-refractivity contribution in [3.8, 4) is 17.2 Å². The summed E-state index contributed by atoms with van der Waals surface area (Å²) in [5, 5.41) is 16.8. The van der Waals surface area contributed by atoms with Gasteiger partial charge in [0.25, 0.3) is 0 Å². The number of rotatable bonds is 5. The molecule has 3 aromatic heterocycles. The monoisotopic (exact) mass is 396 g/mol. The number of halogens is 1. The Morgan fingerprint density at radius 1 is 1.18 bits per heavy atom. The zero-order valence-electron chi connectivity index (χ0n) is 15.5. The fourth-order valence-corrected chi connectivity index (χ4v) is 3.35. The Bertz CT molecular complexity index is 1170. The van der Waals surface area contributed by atoms with E-state index in [0.717, 1.165) is 11.4 Å². The van der Waals surface area contributed by atoms with Gasteiger partial charge in [-0.05, 0) is 44.2 Å². The molecular weight excluding hydrogens is 380 g/mol. The molecule has 0 saturated heterocycles. The van der Waals surface area contributed by atoms with Crippen molar-refractivity contribution in [2.75, 3.05) is 0 Å². The highest BCUT2D eigenvalue weighted by molar-refractivity contribution is 6.33. The van der Waals surface area contributed by atoms with Crippen LogP contribution in [0.5, 0.6) is 0 Å². The molecule has 0 saturated carbocycles. The number of aromatic nitrogens is 6. The number of aryl methyl sites for hydroxylation is 2. The van der Waals surface area contributed by atoms with Crippen LogP contribution in [0.1, 0.15) is 27.5 Å². The number of nitrogens with zero attached hydrogens (tertiary/aromatic N) is 6. The Morgan fingerprint density at radius 3 is 2.68 bits per heavy atom. The van der Waals surface area contributed by atoms with Crippen LogP contribution in [0.25, 0.3) is 17.2 Å². The third-order valence-electron chi connectivity index (χ3n) is 4.43. The molecule has 0 aliphatic rings. The summed E-state index contributed by atoms with van der Waals surface area (Å²) < 4.78 is 7.03. The van der Waals surface area contributed by atoms with Gasteiger partial charge in [-0.25, -0.2) is 0 Å². The summed E-state index contributed by atoms with van der Waals surface area (Å²) in [5.41, 5.74) is 2.91. The smallest absolute Gasteiger partial charge is 0.206 e. The normalized spacial score (nSPS) is 11.1. The lowest BCUT2D eigenvalue weighted by Crippen LogP contribution is -2.14. The highest BCUT2D eigenvalue weighted by Gasteiger charge is 2.20. The second-order valence-electron chi connectivity index (χ2n) is 6.46. The van der Waals surface area contributed by atoms with Gasteiger partial charge in [-0.15, -0.1) is 10.2 Å². The van der Waals surface area contributed by atoms with Crippen LogP contribution in [0, 0.1) is 20.8 Å². The van der Waals surface area contributed by atoms with Gasteiger partial charge in [0.15, 0.2) is 11.6 Å². The molecule has 1 aromatic carbocycles. The molecule has 0 aliphatic carbocycles. The number of tetrazole rings is 1. The molecule has 28 heavy (non-hydrogen) atoms. The van der Waals surface area contributed by atoms with E-state index in [4.69, 9.17) is 16.1 Å². The molecule has 3 heterocycles. The van der Waals surface area contributed by atoms with Crippen LogP contribution in [-0.2, 0) is 6.54 Å². The van der Waals surface area contributed by atoms with Gasteiger partial charge in [0.1, 0.15) is 12.3 Å². The summed E-state index contributed by atoms with van der Waals surface area (Å²) in [6.07, 6.45) is 0. The van der Waals surface area contributed by atoms with Crippen LogP contribution in [0.15, 0.2) is 40.9 Å². The summed E-state index contributed by atoms with van der Waals surface area (Å²) >= 11 is 6.17. The number of hydrogen-bond acceptors (Lipinski definition) is 6. The average Bonchev–Trinajstić information content (AvgIpc) is 3.35. The molecule has 0 amide bonds. The highest BCUT2D eigenvalue weighted by atomic mass is 35.5. The van der Waals surface area contributed by atoms with Gasteiger partial charge in [0, 0.05) is 28.6 Å². The zero-order valence-corrected chi connectivity index (χ0v) is 16.3. The van der Waals surface area contributed by atoms with Crippen LogP contribution >= 0.6 is 11.6 Å². The first-order chi connectivity index (χ1) is 13.4. The molecule has 0 bridgehead atoms. The van der Waals surface area contributed by atoms with E-state index in [9.17, 15) is 4.79 Å². The van der Waals surface area contributed by atoms with Crippen molar-refractivity contribution in [3.63, 3.8) is 0 Å². The first-order valence-corrected chi connectivity index (χ1v) is 9.00. The van der Waals surface area contributed by atoms with Crippen LogP contribution in [0.2, 0.25) is 5.02 Å². The van der Waals surface area contributed by atoms with E-state index in [-0.39, 0.29) is 12.3 Å². The van der Waals surface area contributed by atoms with E-state index in [1.807, 2.05) is 49.6 Å². The minimum atomic E-state index is -0.123. The van der Waals surface area contributed by atoms with Crippen molar-refractivity contribution < 1.29 is 9.32 Å². The SMILES string of the molecule is Cc1cc(-n2c(C)cc(C(=O)Cn3nnc(-c4ccccc4Cl)n3)c2C)no1. The largest absolute Gasteiger partial charge is 0.360 e. The third kappa shape index (κ3) is 3.22. The molecular formula is C19H17ClN6O2. The number of carbonyl (C=O) groups is 1. The Hall–Kier alpha value is -3.26. The molecule has 9 heteroatoms. The molecule has 4 rings (SSSR count). The van der Waals surface area contributed by atoms with E-state index in [0.29, 0.717) is 33.6 Å². The molecule has 0 atom stereocenters. The Morgan fingerprint density at radius 2 is 1.96 bits per heavy atom. The molecule has 8 nitrogen and oxygen atoms in total. The number of hydrogen-bond donors (Lipinski definition) is 0. The first-order valence-electron chi connectivity index (χ1n) is 8.62. The molecule has 142 valence electrons. The number of carbonyl (C=O) groups excluding carboxylic acids is 1. The molecule has 0 radical (unpaired) electrons. The van der Waals surface area contributed by atoms with E-state index >= 15 is 0 Å². The maximum Gasteiger partial charge on any atom is 0.206 e.